The minimum absolute atomic E-state index is 0.00580. The van der Waals surface area contributed by atoms with Crippen LogP contribution in [0.5, 0.6) is 0 Å². The average Bonchev–Trinajstić information content (AvgIpc) is 3.68. The van der Waals surface area contributed by atoms with Gasteiger partial charge in [0.05, 0.1) is 23.3 Å². The number of sulfonamides is 2. The highest BCUT2D eigenvalue weighted by atomic mass is 35.5. The SMILES string of the molecule is O=S(=O)(CC1([C@H]2CCC[C@@H](c3cc(F)cc(F)c3)N2S(=O)(=O)c2ccc(Cl)cc2)CC1)N1CCN(CCO)CC1. The molecule has 1 saturated carbocycles. The Bertz CT molecular complexity index is 1410. The molecule has 3 fully saturated rings. The van der Waals surface area contributed by atoms with Crippen LogP contribution in [0.1, 0.15) is 43.7 Å². The number of aliphatic hydroxyl groups is 1. The maximum atomic E-state index is 14.3. The molecule has 5 rings (SSSR count). The van der Waals surface area contributed by atoms with Crippen LogP contribution in [-0.2, 0) is 20.0 Å². The second-order valence-electron chi connectivity index (χ2n) is 11.0. The van der Waals surface area contributed by atoms with E-state index in [0.717, 1.165) is 18.2 Å². The first-order valence-electron chi connectivity index (χ1n) is 13.5. The highest BCUT2D eigenvalue weighted by Gasteiger charge is 2.58. The maximum absolute atomic E-state index is 14.3. The Morgan fingerprint density at radius 3 is 2.12 bits per heavy atom. The molecule has 0 amide bonds. The van der Waals surface area contributed by atoms with E-state index in [1.807, 2.05) is 4.90 Å². The molecule has 0 bridgehead atoms. The molecule has 0 spiro atoms. The topological polar surface area (TPSA) is 98.2 Å². The number of hydrogen-bond donors (Lipinski definition) is 1. The summed E-state index contributed by atoms with van der Waals surface area (Å²) in [6.45, 7) is 2.13. The third-order valence-corrected chi connectivity index (χ3v) is 12.7. The zero-order valence-corrected chi connectivity index (χ0v) is 24.4. The Labute approximate surface area is 239 Å². The number of hydrogen-bond acceptors (Lipinski definition) is 6. The number of benzene rings is 2. The predicted octanol–water partition coefficient (Wildman–Crippen LogP) is 3.62. The highest BCUT2D eigenvalue weighted by molar-refractivity contribution is 7.89. The fourth-order valence-corrected chi connectivity index (χ4v) is 10.4. The van der Waals surface area contributed by atoms with Gasteiger partial charge in [-0.2, -0.15) is 8.61 Å². The number of piperazine rings is 1. The van der Waals surface area contributed by atoms with E-state index in [0.29, 0.717) is 69.9 Å². The van der Waals surface area contributed by atoms with Gasteiger partial charge in [-0.1, -0.05) is 11.6 Å². The van der Waals surface area contributed by atoms with E-state index < -0.39 is 49.2 Å². The Morgan fingerprint density at radius 1 is 0.925 bits per heavy atom. The van der Waals surface area contributed by atoms with Crippen LogP contribution >= 0.6 is 11.6 Å². The molecule has 0 unspecified atom stereocenters. The molecule has 2 aromatic rings. The van der Waals surface area contributed by atoms with Gasteiger partial charge in [-0.05, 0) is 74.1 Å². The average molecular weight is 618 g/mol. The van der Waals surface area contributed by atoms with Gasteiger partial charge < -0.3 is 5.11 Å². The summed E-state index contributed by atoms with van der Waals surface area (Å²) in [7, 11) is -7.91. The number of aliphatic hydroxyl groups excluding tert-OH is 1. The second kappa shape index (κ2) is 11.5. The van der Waals surface area contributed by atoms with Gasteiger partial charge >= 0.3 is 0 Å². The normalized spacial score (nSPS) is 24.7. The van der Waals surface area contributed by atoms with E-state index in [1.54, 1.807) is 0 Å². The summed E-state index contributed by atoms with van der Waals surface area (Å²) in [4.78, 5) is 1.99. The van der Waals surface area contributed by atoms with E-state index in [9.17, 15) is 30.7 Å². The van der Waals surface area contributed by atoms with Crippen LogP contribution in [0.4, 0.5) is 8.78 Å². The lowest BCUT2D eigenvalue weighted by Gasteiger charge is -2.45. The molecular weight excluding hydrogens is 584 g/mol. The summed E-state index contributed by atoms with van der Waals surface area (Å²) in [5.41, 5.74) is -0.594. The van der Waals surface area contributed by atoms with E-state index in [1.165, 1.54) is 32.9 Å². The maximum Gasteiger partial charge on any atom is 0.243 e. The molecule has 8 nitrogen and oxygen atoms in total. The molecule has 220 valence electrons. The van der Waals surface area contributed by atoms with Crippen molar-refractivity contribution < 1.29 is 30.7 Å². The Balaban J connectivity index is 1.50. The fourth-order valence-electron chi connectivity index (χ4n) is 6.26. The number of rotatable bonds is 9. The van der Waals surface area contributed by atoms with Gasteiger partial charge in [-0.3, -0.25) is 4.90 Å². The van der Waals surface area contributed by atoms with Gasteiger partial charge in [0.1, 0.15) is 11.6 Å². The van der Waals surface area contributed by atoms with Gasteiger partial charge in [0.25, 0.3) is 0 Å². The molecule has 2 atom stereocenters. The number of β-amino-alcohol motifs (C(OH)–C–C–N with tert-alkyl or cyclic N) is 1. The summed E-state index contributed by atoms with van der Waals surface area (Å²) in [5, 5.41) is 9.56. The van der Waals surface area contributed by atoms with E-state index >= 15 is 0 Å². The lowest BCUT2D eigenvalue weighted by Crippen LogP contribution is -2.54. The minimum Gasteiger partial charge on any atom is -0.395 e. The molecule has 1 aliphatic carbocycles. The molecule has 13 heteroatoms. The molecular formula is C27H34ClF2N3O5S2. The molecule has 0 radical (unpaired) electrons. The largest absolute Gasteiger partial charge is 0.395 e. The molecule has 2 aromatic carbocycles. The second-order valence-corrected chi connectivity index (χ2v) is 15.3. The molecule has 40 heavy (non-hydrogen) atoms. The van der Waals surface area contributed by atoms with Crippen LogP contribution in [0.2, 0.25) is 5.02 Å². The molecule has 2 saturated heterocycles. The minimum atomic E-state index is -4.20. The lowest BCUT2D eigenvalue weighted by atomic mass is 9.86. The van der Waals surface area contributed by atoms with Crippen molar-refractivity contribution in [2.24, 2.45) is 5.41 Å². The van der Waals surface area contributed by atoms with Crippen molar-refractivity contribution in [2.75, 3.05) is 45.1 Å². The van der Waals surface area contributed by atoms with Crippen molar-refractivity contribution in [2.45, 2.75) is 49.1 Å². The fraction of sp³-hybridized carbons (Fsp3) is 0.556. The molecule has 1 N–H and O–H groups in total. The van der Waals surface area contributed by atoms with Crippen molar-refractivity contribution in [1.29, 1.82) is 0 Å². The van der Waals surface area contributed by atoms with Gasteiger partial charge in [-0.15, -0.1) is 0 Å². The van der Waals surface area contributed by atoms with Crippen molar-refractivity contribution >= 4 is 31.6 Å². The first-order valence-corrected chi connectivity index (χ1v) is 16.9. The Morgan fingerprint density at radius 2 is 1.55 bits per heavy atom. The summed E-state index contributed by atoms with van der Waals surface area (Å²) in [5.74, 6) is -1.79. The molecule has 3 aliphatic rings. The van der Waals surface area contributed by atoms with Crippen molar-refractivity contribution in [1.82, 2.24) is 13.5 Å². The Hall–Kier alpha value is -1.67. The quantitative estimate of drug-likeness (QED) is 0.462. The molecule has 0 aromatic heterocycles. The zero-order valence-electron chi connectivity index (χ0n) is 22.1. The molecule has 2 aliphatic heterocycles. The monoisotopic (exact) mass is 617 g/mol. The van der Waals surface area contributed by atoms with E-state index in [2.05, 4.69) is 0 Å². The van der Waals surface area contributed by atoms with Gasteiger partial charge in [0.2, 0.25) is 20.0 Å². The number of piperidine rings is 1. The molecule has 2 heterocycles. The first kappa shape index (κ1) is 29.8. The Kier molecular flexibility index (Phi) is 8.60. The lowest BCUT2D eigenvalue weighted by molar-refractivity contribution is 0.124. The summed E-state index contributed by atoms with van der Waals surface area (Å²) < 4.78 is 87.1. The van der Waals surface area contributed by atoms with Crippen molar-refractivity contribution in [3.8, 4) is 0 Å². The van der Waals surface area contributed by atoms with Gasteiger partial charge in [-0.25, -0.2) is 25.6 Å². The predicted molar refractivity (Wildman–Crippen MR) is 148 cm³/mol. The van der Waals surface area contributed by atoms with Crippen molar-refractivity contribution in [3.63, 3.8) is 0 Å². The zero-order chi connectivity index (χ0) is 28.7. The smallest absolute Gasteiger partial charge is 0.243 e. The third kappa shape index (κ3) is 6.08. The summed E-state index contributed by atoms with van der Waals surface area (Å²) in [6.07, 6.45) is 2.46. The summed E-state index contributed by atoms with van der Waals surface area (Å²) >= 11 is 6.01. The standard InChI is InChI=1S/C27H34ClF2N3O5S2/c28-21-4-6-24(7-5-21)40(37,38)33-25(20-16-22(29)18-23(30)17-20)2-1-3-26(33)27(8-9-27)19-39(35,36)32-12-10-31(11-13-32)14-15-34/h4-7,16-18,25-26,34H,1-3,8-15,19H2/t25-,26+/m0/s1. The highest BCUT2D eigenvalue weighted by Crippen LogP contribution is 2.57. The van der Waals surface area contributed by atoms with E-state index in [-0.39, 0.29) is 22.8 Å². The van der Waals surface area contributed by atoms with Crippen molar-refractivity contribution in [3.05, 3.63) is 64.7 Å². The van der Waals surface area contributed by atoms with Gasteiger partial charge in [0.15, 0.2) is 0 Å². The van der Waals surface area contributed by atoms with Crippen LogP contribution in [0, 0.1) is 17.0 Å². The van der Waals surface area contributed by atoms with Crippen LogP contribution in [0.3, 0.4) is 0 Å². The third-order valence-electron chi connectivity index (χ3n) is 8.44. The number of nitrogens with zero attached hydrogens (tertiary/aromatic N) is 3. The van der Waals surface area contributed by atoms with Gasteiger partial charge in [0, 0.05) is 55.3 Å². The van der Waals surface area contributed by atoms with Crippen LogP contribution in [-0.4, -0.2) is 86.6 Å². The van der Waals surface area contributed by atoms with Crippen LogP contribution in [0.25, 0.3) is 0 Å². The number of halogens is 3. The summed E-state index contributed by atoms with van der Waals surface area (Å²) in [6, 6.07) is 7.28. The van der Waals surface area contributed by atoms with E-state index in [4.69, 9.17) is 11.6 Å². The first-order chi connectivity index (χ1) is 18.9. The van der Waals surface area contributed by atoms with Crippen LogP contribution in [0.15, 0.2) is 47.4 Å². The van der Waals surface area contributed by atoms with Crippen LogP contribution < -0.4 is 0 Å².